The van der Waals surface area contributed by atoms with Gasteiger partial charge in [-0.15, -0.1) is 0 Å². The SMILES string of the molecule is O=C1C=C(I)C(=O)S1. The fraction of sp³-hybridized carbons (Fsp3) is 0. The first-order valence-electron chi connectivity index (χ1n) is 1.83. The molecule has 42 valence electrons. The highest BCUT2D eigenvalue weighted by Crippen LogP contribution is 2.25. The van der Waals surface area contributed by atoms with Crippen molar-refractivity contribution >= 4 is 44.6 Å². The molecule has 8 heavy (non-hydrogen) atoms. The van der Waals surface area contributed by atoms with Gasteiger partial charge in [0.05, 0.1) is 3.58 Å². The second-order valence-corrected chi connectivity index (χ2v) is 3.34. The van der Waals surface area contributed by atoms with Crippen molar-refractivity contribution in [3.63, 3.8) is 0 Å². The van der Waals surface area contributed by atoms with Crippen molar-refractivity contribution in [3.8, 4) is 0 Å². The Morgan fingerprint density at radius 3 is 2.25 bits per heavy atom. The average molecular weight is 240 g/mol. The summed E-state index contributed by atoms with van der Waals surface area (Å²) in [6, 6.07) is 0. The Morgan fingerprint density at radius 2 is 2.12 bits per heavy atom. The van der Waals surface area contributed by atoms with Crippen LogP contribution < -0.4 is 0 Å². The molecule has 1 aliphatic heterocycles. The molecular weight excluding hydrogens is 239 g/mol. The van der Waals surface area contributed by atoms with Crippen LogP contribution in [0.15, 0.2) is 9.66 Å². The van der Waals surface area contributed by atoms with Crippen molar-refractivity contribution in [2.75, 3.05) is 0 Å². The number of carbonyl (C=O) groups excluding carboxylic acids is 2. The summed E-state index contributed by atoms with van der Waals surface area (Å²) in [5.74, 6) is 0. The molecule has 0 bridgehead atoms. The maximum absolute atomic E-state index is 10.5. The van der Waals surface area contributed by atoms with Crippen LogP contribution in [0.1, 0.15) is 0 Å². The standard InChI is InChI=1S/C4HIO2S/c5-2-1-3(6)8-4(2)7/h1H. The van der Waals surface area contributed by atoms with Crippen LogP contribution in [0.25, 0.3) is 0 Å². The van der Waals surface area contributed by atoms with E-state index in [0.29, 0.717) is 3.58 Å². The lowest BCUT2D eigenvalue weighted by atomic mass is 10.6. The first-order chi connectivity index (χ1) is 3.70. The minimum absolute atomic E-state index is 0.129. The number of hydrogen-bond acceptors (Lipinski definition) is 3. The van der Waals surface area contributed by atoms with Gasteiger partial charge in [0.25, 0.3) is 0 Å². The molecule has 0 aromatic heterocycles. The molecule has 0 aromatic carbocycles. The van der Waals surface area contributed by atoms with Crippen molar-refractivity contribution in [2.24, 2.45) is 0 Å². The van der Waals surface area contributed by atoms with Crippen LogP contribution >= 0.6 is 34.4 Å². The number of hydrogen-bond donors (Lipinski definition) is 0. The molecule has 1 heterocycles. The topological polar surface area (TPSA) is 34.1 Å². The Morgan fingerprint density at radius 1 is 1.50 bits per heavy atom. The maximum atomic E-state index is 10.5. The van der Waals surface area contributed by atoms with Crippen molar-refractivity contribution in [3.05, 3.63) is 9.66 Å². The highest BCUT2D eigenvalue weighted by molar-refractivity contribution is 14.1. The third-order valence-corrected chi connectivity index (χ3v) is 2.52. The van der Waals surface area contributed by atoms with E-state index in [-0.39, 0.29) is 10.2 Å². The van der Waals surface area contributed by atoms with Crippen LogP contribution in [-0.2, 0) is 9.59 Å². The van der Waals surface area contributed by atoms with E-state index >= 15 is 0 Å². The predicted molar refractivity (Wildman–Crippen MR) is 39.7 cm³/mol. The molecule has 0 unspecified atom stereocenters. The van der Waals surface area contributed by atoms with Gasteiger partial charge >= 0.3 is 0 Å². The van der Waals surface area contributed by atoms with E-state index in [1.807, 2.05) is 22.6 Å². The summed E-state index contributed by atoms with van der Waals surface area (Å²) in [6.07, 6.45) is 1.34. The van der Waals surface area contributed by atoms with Crippen molar-refractivity contribution in [1.29, 1.82) is 0 Å². The summed E-state index contributed by atoms with van der Waals surface area (Å²) in [4.78, 5) is 20.8. The molecule has 0 aromatic rings. The second-order valence-electron chi connectivity index (χ2n) is 1.20. The summed E-state index contributed by atoms with van der Waals surface area (Å²) < 4.78 is 0.526. The zero-order valence-corrected chi connectivity index (χ0v) is 6.65. The number of carbonyl (C=O) groups is 2. The molecule has 0 saturated heterocycles. The van der Waals surface area contributed by atoms with Gasteiger partial charge in [0.1, 0.15) is 0 Å². The molecule has 4 heteroatoms. The largest absolute Gasteiger partial charge is 0.282 e. The monoisotopic (exact) mass is 240 g/mol. The Balaban J connectivity index is 2.88. The van der Waals surface area contributed by atoms with Gasteiger partial charge in [0.2, 0.25) is 10.2 Å². The van der Waals surface area contributed by atoms with E-state index in [0.717, 1.165) is 11.8 Å². The minimum atomic E-state index is -0.153. The second kappa shape index (κ2) is 2.18. The van der Waals surface area contributed by atoms with Crippen LogP contribution in [0.4, 0.5) is 0 Å². The van der Waals surface area contributed by atoms with Gasteiger partial charge in [-0.1, -0.05) is 0 Å². The van der Waals surface area contributed by atoms with Gasteiger partial charge in [-0.25, -0.2) is 0 Å². The van der Waals surface area contributed by atoms with E-state index in [1.54, 1.807) is 0 Å². The first-order valence-corrected chi connectivity index (χ1v) is 3.73. The Hall–Kier alpha value is 0.160. The Bertz CT molecular complexity index is 184. The van der Waals surface area contributed by atoms with Crippen LogP contribution in [0.2, 0.25) is 0 Å². The van der Waals surface area contributed by atoms with E-state index in [9.17, 15) is 9.59 Å². The first kappa shape index (κ1) is 6.28. The molecular formula is C4HIO2S. The van der Waals surface area contributed by atoms with Crippen molar-refractivity contribution in [2.45, 2.75) is 0 Å². The van der Waals surface area contributed by atoms with Gasteiger partial charge in [-0.2, -0.15) is 0 Å². The third kappa shape index (κ3) is 1.11. The van der Waals surface area contributed by atoms with Crippen molar-refractivity contribution < 1.29 is 9.59 Å². The highest BCUT2D eigenvalue weighted by atomic mass is 127. The van der Waals surface area contributed by atoms with Gasteiger partial charge in [0, 0.05) is 6.08 Å². The highest BCUT2D eigenvalue weighted by Gasteiger charge is 2.19. The molecule has 1 rings (SSSR count). The van der Waals surface area contributed by atoms with Crippen LogP contribution in [0.5, 0.6) is 0 Å². The lowest BCUT2D eigenvalue weighted by Gasteiger charge is -1.76. The van der Waals surface area contributed by atoms with Gasteiger partial charge in [0.15, 0.2) is 0 Å². The average Bonchev–Trinajstić information content (AvgIpc) is 1.85. The normalized spacial score (nSPS) is 19.4. The Labute approximate surface area is 63.8 Å². The molecule has 0 atom stereocenters. The van der Waals surface area contributed by atoms with Crippen LogP contribution in [0.3, 0.4) is 0 Å². The van der Waals surface area contributed by atoms with Crippen molar-refractivity contribution in [1.82, 2.24) is 0 Å². The zero-order chi connectivity index (χ0) is 6.15. The molecule has 0 N–H and O–H groups in total. The summed E-state index contributed by atoms with van der Waals surface area (Å²) in [5, 5.41) is -0.282. The van der Waals surface area contributed by atoms with E-state index < -0.39 is 0 Å². The lowest BCUT2D eigenvalue weighted by molar-refractivity contribution is -0.107. The molecule has 0 saturated carbocycles. The number of rotatable bonds is 0. The van der Waals surface area contributed by atoms with Gasteiger partial charge in [-0.05, 0) is 34.4 Å². The quantitative estimate of drug-likeness (QED) is 0.594. The van der Waals surface area contributed by atoms with Crippen LogP contribution in [-0.4, -0.2) is 10.2 Å². The van der Waals surface area contributed by atoms with Crippen LogP contribution in [0, 0.1) is 0 Å². The molecule has 0 aliphatic carbocycles. The Kier molecular flexibility index (Phi) is 1.71. The molecule has 2 nitrogen and oxygen atoms in total. The number of thioether (sulfide) groups is 1. The molecule has 1 aliphatic rings. The summed E-state index contributed by atoms with van der Waals surface area (Å²) in [7, 11) is 0. The molecule has 0 fully saturated rings. The lowest BCUT2D eigenvalue weighted by Crippen LogP contribution is -1.81. The molecule has 0 spiro atoms. The zero-order valence-electron chi connectivity index (χ0n) is 3.68. The predicted octanol–water partition coefficient (Wildman–Crippen LogP) is 1.11. The number of halogens is 1. The van der Waals surface area contributed by atoms with Gasteiger partial charge < -0.3 is 0 Å². The van der Waals surface area contributed by atoms with Gasteiger partial charge in [-0.3, -0.25) is 9.59 Å². The maximum Gasteiger partial charge on any atom is 0.233 e. The fourth-order valence-electron chi connectivity index (χ4n) is 0.332. The van der Waals surface area contributed by atoms with E-state index in [2.05, 4.69) is 0 Å². The van der Waals surface area contributed by atoms with E-state index in [1.165, 1.54) is 6.08 Å². The summed E-state index contributed by atoms with van der Waals surface area (Å²) >= 11 is 2.59. The molecule has 0 radical (unpaired) electrons. The fourth-order valence-corrected chi connectivity index (χ4v) is 1.67. The molecule has 0 amide bonds. The third-order valence-electron chi connectivity index (χ3n) is 0.633. The smallest absolute Gasteiger partial charge is 0.233 e. The summed E-state index contributed by atoms with van der Waals surface area (Å²) in [6.45, 7) is 0. The summed E-state index contributed by atoms with van der Waals surface area (Å²) in [5.41, 5.74) is 0. The van der Waals surface area contributed by atoms with E-state index in [4.69, 9.17) is 0 Å². The minimum Gasteiger partial charge on any atom is -0.282 e.